The molecule has 0 spiro atoms. The lowest BCUT2D eigenvalue weighted by atomic mass is 9.91. The minimum absolute atomic E-state index is 0.0393. The lowest BCUT2D eigenvalue weighted by Crippen LogP contribution is -2.14. The molecule has 0 unspecified atom stereocenters. The van der Waals surface area contributed by atoms with E-state index in [0.29, 0.717) is 16.6 Å². The van der Waals surface area contributed by atoms with Gasteiger partial charge in [0.05, 0.1) is 0 Å². The molecule has 88 valence electrons. The molecule has 0 aromatic heterocycles. The van der Waals surface area contributed by atoms with Crippen molar-refractivity contribution in [1.29, 1.82) is 0 Å². The number of nitrogens with two attached hydrogens (primary N) is 1. The number of rotatable bonds is 3. The summed E-state index contributed by atoms with van der Waals surface area (Å²) in [7, 11) is 0. The van der Waals surface area contributed by atoms with Gasteiger partial charge < -0.3 is 5.73 Å². The molecule has 0 heterocycles. The molecule has 1 atom stereocenters. The molecule has 0 saturated carbocycles. The molecule has 2 aromatic carbocycles. The fourth-order valence-corrected chi connectivity index (χ4v) is 2.61. The van der Waals surface area contributed by atoms with Gasteiger partial charge in [0.15, 0.2) is 0 Å². The van der Waals surface area contributed by atoms with Gasteiger partial charge in [0.25, 0.3) is 0 Å². The molecule has 0 radical (unpaired) electrons. The topological polar surface area (TPSA) is 26.0 Å². The minimum atomic E-state index is 0.0393. The molecule has 0 fully saturated rings. The second-order valence-corrected chi connectivity index (χ2v) is 4.65. The van der Waals surface area contributed by atoms with Crippen LogP contribution < -0.4 is 5.73 Å². The molecule has 0 aliphatic rings. The Balaban J connectivity index is 2.50. The fraction of sp³-hybridized carbons (Fsp3) is 0.143. The van der Waals surface area contributed by atoms with Gasteiger partial charge >= 0.3 is 0 Å². The van der Waals surface area contributed by atoms with E-state index in [1.54, 1.807) is 0 Å². The van der Waals surface area contributed by atoms with Gasteiger partial charge in [-0.1, -0.05) is 59.6 Å². The van der Waals surface area contributed by atoms with Gasteiger partial charge in [0, 0.05) is 22.5 Å². The van der Waals surface area contributed by atoms with Crippen molar-refractivity contribution in [1.82, 2.24) is 0 Å². The molecule has 2 N–H and O–H groups in total. The fourth-order valence-electron chi connectivity index (χ4n) is 1.95. The van der Waals surface area contributed by atoms with Crippen molar-refractivity contribution < 1.29 is 0 Å². The van der Waals surface area contributed by atoms with Crippen molar-refractivity contribution in [3.05, 3.63) is 69.7 Å². The molecule has 0 bridgehead atoms. The molecule has 17 heavy (non-hydrogen) atoms. The average Bonchev–Trinajstić information content (AvgIpc) is 2.35. The first-order valence-electron chi connectivity index (χ1n) is 5.43. The highest BCUT2D eigenvalue weighted by Crippen LogP contribution is 2.34. The van der Waals surface area contributed by atoms with Crippen LogP contribution >= 0.6 is 23.2 Å². The quantitative estimate of drug-likeness (QED) is 0.889. The van der Waals surface area contributed by atoms with Gasteiger partial charge in [-0.2, -0.15) is 0 Å². The zero-order valence-corrected chi connectivity index (χ0v) is 10.7. The van der Waals surface area contributed by atoms with Crippen LogP contribution in [0.1, 0.15) is 17.0 Å². The maximum absolute atomic E-state index is 6.21. The minimum Gasteiger partial charge on any atom is -0.330 e. The van der Waals surface area contributed by atoms with Crippen molar-refractivity contribution in [2.75, 3.05) is 6.54 Å². The first-order valence-corrected chi connectivity index (χ1v) is 6.18. The summed E-state index contributed by atoms with van der Waals surface area (Å²) in [6.45, 7) is 0.480. The van der Waals surface area contributed by atoms with Gasteiger partial charge in [-0.15, -0.1) is 0 Å². The van der Waals surface area contributed by atoms with Crippen LogP contribution in [0.4, 0.5) is 0 Å². The maximum Gasteiger partial charge on any atom is 0.0459 e. The Morgan fingerprint density at radius 3 is 2.00 bits per heavy atom. The first-order chi connectivity index (χ1) is 8.24. The molecule has 2 aromatic rings. The van der Waals surface area contributed by atoms with Crippen LogP contribution in [-0.4, -0.2) is 6.54 Å². The third-order valence-corrected chi connectivity index (χ3v) is 3.44. The molecule has 0 amide bonds. The highest BCUT2D eigenvalue weighted by molar-refractivity contribution is 6.36. The number of hydrogen-bond acceptors (Lipinski definition) is 1. The van der Waals surface area contributed by atoms with E-state index in [9.17, 15) is 0 Å². The third kappa shape index (κ3) is 2.63. The van der Waals surface area contributed by atoms with Crippen LogP contribution in [-0.2, 0) is 0 Å². The average molecular weight is 266 g/mol. The van der Waals surface area contributed by atoms with Crippen LogP contribution in [0, 0.1) is 0 Å². The molecule has 1 nitrogen and oxygen atoms in total. The van der Waals surface area contributed by atoms with E-state index in [1.165, 1.54) is 0 Å². The summed E-state index contributed by atoms with van der Waals surface area (Å²) in [6, 6.07) is 15.6. The number of halogens is 2. The van der Waals surface area contributed by atoms with E-state index >= 15 is 0 Å². The van der Waals surface area contributed by atoms with Crippen LogP contribution in [0.15, 0.2) is 48.5 Å². The Morgan fingerprint density at radius 2 is 1.47 bits per heavy atom. The molecular formula is C14H13Cl2N. The number of benzene rings is 2. The van der Waals surface area contributed by atoms with Crippen LogP contribution in [0.25, 0.3) is 0 Å². The van der Waals surface area contributed by atoms with Gasteiger partial charge in [0.2, 0.25) is 0 Å². The van der Waals surface area contributed by atoms with Crippen molar-refractivity contribution in [3.63, 3.8) is 0 Å². The van der Waals surface area contributed by atoms with E-state index in [4.69, 9.17) is 28.9 Å². The summed E-state index contributed by atoms with van der Waals surface area (Å²) >= 11 is 12.4. The largest absolute Gasteiger partial charge is 0.330 e. The van der Waals surface area contributed by atoms with Gasteiger partial charge in [-0.25, -0.2) is 0 Å². The van der Waals surface area contributed by atoms with Crippen molar-refractivity contribution >= 4 is 23.2 Å². The molecular weight excluding hydrogens is 253 g/mol. The van der Waals surface area contributed by atoms with Crippen LogP contribution in [0.3, 0.4) is 0 Å². The summed E-state index contributed by atoms with van der Waals surface area (Å²) in [5.74, 6) is 0.0393. The van der Waals surface area contributed by atoms with Gasteiger partial charge in [-0.3, -0.25) is 0 Å². The van der Waals surface area contributed by atoms with Gasteiger partial charge in [-0.05, 0) is 23.3 Å². The van der Waals surface area contributed by atoms with Crippen molar-refractivity contribution in [2.45, 2.75) is 5.92 Å². The van der Waals surface area contributed by atoms with Crippen molar-refractivity contribution in [3.8, 4) is 0 Å². The maximum atomic E-state index is 6.21. The Kier molecular flexibility index (Phi) is 4.06. The third-order valence-electron chi connectivity index (χ3n) is 2.79. The Bertz CT molecular complexity index is 477. The summed E-state index contributed by atoms with van der Waals surface area (Å²) in [4.78, 5) is 0. The zero-order valence-electron chi connectivity index (χ0n) is 9.24. The Labute approximate surface area is 111 Å². The Morgan fingerprint density at radius 1 is 0.882 bits per heavy atom. The van der Waals surface area contributed by atoms with Crippen molar-refractivity contribution in [2.24, 2.45) is 5.73 Å². The highest BCUT2D eigenvalue weighted by Gasteiger charge is 2.18. The standard InChI is InChI=1S/C14H13Cl2N/c15-12-7-4-8-13(16)14(12)11(9-17)10-5-2-1-3-6-10/h1-8,11H,9,17H2/t11-/m0/s1. The second-order valence-electron chi connectivity index (χ2n) is 3.83. The monoisotopic (exact) mass is 265 g/mol. The lowest BCUT2D eigenvalue weighted by molar-refractivity contribution is 0.819. The smallest absolute Gasteiger partial charge is 0.0459 e. The lowest BCUT2D eigenvalue weighted by Gasteiger charge is -2.18. The second kappa shape index (κ2) is 5.54. The Hall–Kier alpha value is -1.02. The van der Waals surface area contributed by atoms with Crippen LogP contribution in [0.5, 0.6) is 0 Å². The van der Waals surface area contributed by atoms with Crippen LogP contribution in [0.2, 0.25) is 10.0 Å². The van der Waals surface area contributed by atoms with E-state index in [-0.39, 0.29) is 5.92 Å². The molecule has 2 rings (SSSR count). The predicted octanol–water partition coefficient (Wildman–Crippen LogP) is 4.08. The van der Waals surface area contributed by atoms with E-state index in [2.05, 4.69) is 0 Å². The first kappa shape index (κ1) is 12.4. The summed E-state index contributed by atoms with van der Waals surface area (Å²) in [5, 5.41) is 1.33. The van der Waals surface area contributed by atoms with E-state index in [0.717, 1.165) is 11.1 Å². The summed E-state index contributed by atoms with van der Waals surface area (Å²) in [5.41, 5.74) is 7.89. The number of hydrogen-bond donors (Lipinski definition) is 1. The zero-order chi connectivity index (χ0) is 12.3. The SMILES string of the molecule is NC[C@@H](c1ccccc1)c1c(Cl)cccc1Cl. The predicted molar refractivity (Wildman–Crippen MR) is 73.8 cm³/mol. The molecule has 0 aliphatic carbocycles. The van der Waals surface area contributed by atoms with E-state index in [1.807, 2.05) is 48.5 Å². The van der Waals surface area contributed by atoms with E-state index < -0.39 is 0 Å². The normalized spacial score (nSPS) is 12.4. The summed E-state index contributed by atoms with van der Waals surface area (Å²) < 4.78 is 0. The van der Waals surface area contributed by atoms with Gasteiger partial charge in [0.1, 0.15) is 0 Å². The molecule has 0 aliphatic heterocycles. The highest BCUT2D eigenvalue weighted by atomic mass is 35.5. The molecule has 3 heteroatoms. The summed E-state index contributed by atoms with van der Waals surface area (Å²) in [6.07, 6.45) is 0. The molecule has 0 saturated heterocycles.